The third kappa shape index (κ3) is 3.93. The van der Waals surface area contributed by atoms with Gasteiger partial charge in [0.25, 0.3) is 0 Å². The molecule has 1 heteroatoms. The Morgan fingerprint density at radius 2 is 0.755 bits per heavy atom. The van der Waals surface area contributed by atoms with Crippen molar-refractivity contribution in [3.05, 3.63) is 167 Å². The SMILES string of the molecule is CC1(C)c2ccccc2-c2ccc(-c3cc4c5cc(Cl)ccc5c(-c5ccc6c(c5)C(C)(C)c5ccccc5-6)cc4c4ccccc34)cc21. The Labute approximate surface area is 292 Å². The van der Waals surface area contributed by atoms with Gasteiger partial charge in [-0.3, -0.25) is 0 Å². The average molecular weight is 647 g/mol. The van der Waals surface area contributed by atoms with Gasteiger partial charge in [-0.25, -0.2) is 0 Å². The fourth-order valence-electron chi connectivity index (χ4n) is 9.19. The molecule has 0 unspecified atom stereocenters. The van der Waals surface area contributed by atoms with E-state index in [9.17, 15) is 0 Å². The number of rotatable bonds is 2. The molecule has 8 aromatic rings. The number of hydrogen-bond donors (Lipinski definition) is 0. The highest BCUT2D eigenvalue weighted by Crippen LogP contribution is 2.52. The molecule has 234 valence electrons. The van der Waals surface area contributed by atoms with Gasteiger partial charge in [0.15, 0.2) is 0 Å². The summed E-state index contributed by atoms with van der Waals surface area (Å²) in [6, 6.07) is 52.1. The lowest BCUT2D eigenvalue weighted by Gasteiger charge is -2.23. The first-order valence-electron chi connectivity index (χ1n) is 17.3. The van der Waals surface area contributed by atoms with Crippen LogP contribution in [0.1, 0.15) is 49.9 Å². The predicted octanol–water partition coefficient (Wildman–Crippen LogP) is 13.7. The molecule has 0 aliphatic heterocycles. The van der Waals surface area contributed by atoms with Gasteiger partial charge in [0.1, 0.15) is 0 Å². The van der Waals surface area contributed by atoms with E-state index in [2.05, 4.69) is 161 Å². The van der Waals surface area contributed by atoms with Crippen molar-refractivity contribution >= 4 is 43.9 Å². The quantitative estimate of drug-likeness (QED) is 0.164. The number of benzene rings is 8. The van der Waals surface area contributed by atoms with Crippen LogP contribution in [0.5, 0.6) is 0 Å². The molecule has 0 saturated carbocycles. The molecular weight excluding hydrogens is 612 g/mol. The highest BCUT2D eigenvalue weighted by molar-refractivity contribution is 6.33. The molecule has 0 saturated heterocycles. The van der Waals surface area contributed by atoms with E-state index in [0.29, 0.717) is 0 Å². The molecule has 0 N–H and O–H groups in total. The van der Waals surface area contributed by atoms with Crippen molar-refractivity contribution in [3.63, 3.8) is 0 Å². The number of hydrogen-bond acceptors (Lipinski definition) is 0. The van der Waals surface area contributed by atoms with E-state index >= 15 is 0 Å². The Morgan fingerprint density at radius 3 is 1.33 bits per heavy atom. The Bertz CT molecular complexity index is 2720. The normalized spacial score (nSPS) is 15.0. The van der Waals surface area contributed by atoms with Crippen LogP contribution in [0.15, 0.2) is 140 Å². The zero-order chi connectivity index (χ0) is 33.2. The maximum atomic E-state index is 6.80. The molecule has 0 spiro atoms. The maximum Gasteiger partial charge on any atom is 0.0412 e. The predicted molar refractivity (Wildman–Crippen MR) is 210 cm³/mol. The van der Waals surface area contributed by atoms with Crippen molar-refractivity contribution in [2.45, 2.75) is 38.5 Å². The van der Waals surface area contributed by atoms with Crippen molar-refractivity contribution in [2.24, 2.45) is 0 Å². The Hall–Kier alpha value is -5.17. The lowest BCUT2D eigenvalue weighted by Crippen LogP contribution is -2.14. The second-order valence-corrected chi connectivity index (χ2v) is 15.5. The molecule has 2 aliphatic rings. The van der Waals surface area contributed by atoms with Gasteiger partial charge in [0.2, 0.25) is 0 Å². The average Bonchev–Trinajstić information content (AvgIpc) is 3.50. The monoisotopic (exact) mass is 646 g/mol. The molecule has 0 fully saturated rings. The summed E-state index contributed by atoms with van der Waals surface area (Å²) in [5, 5.41) is 8.16. The van der Waals surface area contributed by atoms with Crippen LogP contribution in [0.4, 0.5) is 0 Å². The molecular formula is C48H35Cl. The first-order valence-corrected chi connectivity index (χ1v) is 17.7. The van der Waals surface area contributed by atoms with Gasteiger partial charge >= 0.3 is 0 Å². The Morgan fingerprint density at radius 1 is 0.327 bits per heavy atom. The summed E-state index contributed by atoms with van der Waals surface area (Å²) < 4.78 is 0. The van der Waals surface area contributed by atoms with Gasteiger partial charge in [-0.2, -0.15) is 0 Å². The van der Waals surface area contributed by atoms with E-state index in [-0.39, 0.29) is 10.8 Å². The highest BCUT2D eigenvalue weighted by atomic mass is 35.5. The minimum Gasteiger partial charge on any atom is -0.0843 e. The van der Waals surface area contributed by atoms with Crippen LogP contribution in [0.2, 0.25) is 5.02 Å². The molecule has 0 amide bonds. The van der Waals surface area contributed by atoms with E-state index < -0.39 is 0 Å². The second-order valence-electron chi connectivity index (χ2n) is 15.0. The summed E-state index contributed by atoms with van der Waals surface area (Å²) in [6.45, 7) is 9.42. The van der Waals surface area contributed by atoms with E-state index in [1.54, 1.807) is 0 Å². The second kappa shape index (κ2) is 9.94. The van der Waals surface area contributed by atoms with Crippen molar-refractivity contribution in [3.8, 4) is 44.5 Å². The largest absolute Gasteiger partial charge is 0.0843 e. The fraction of sp³-hybridized carbons (Fsp3) is 0.125. The summed E-state index contributed by atoms with van der Waals surface area (Å²) in [6.07, 6.45) is 0. The van der Waals surface area contributed by atoms with E-state index in [0.717, 1.165) is 5.02 Å². The van der Waals surface area contributed by atoms with Crippen LogP contribution in [-0.2, 0) is 10.8 Å². The van der Waals surface area contributed by atoms with Gasteiger partial charge in [-0.1, -0.05) is 142 Å². The van der Waals surface area contributed by atoms with Gasteiger partial charge in [-0.05, 0) is 135 Å². The molecule has 0 radical (unpaired) electrons. The topological polar surface area (TPSA) is 0 Å². The highest BCUT2D eigenvalue weighted by Gasteiger charge is 2.36. The first-order chi connectivity index (χ1) is 23.7. The minimum absolute atomic E-state index is 0.0600. The summed E-state index contributed by atoms with van der Waals surface area (Å²) in [7, 11) is 0. The van der Waals surface area contributed by atoms with Crippen LogP contribution < -0.4 is 0 Å². The number of fused-ring (bicyclic) bond motifs is 11. The van der Waals surface area contributed by atoms with Gasteiger partial charge < -0.3 is 0 Å². The van der Waals surface area contributed by atoms with Crippen LogP contribution in [0, 0.1) is 0 Å². The lowest BCUT2D eigenvalue weighted by atomic mass is 9.80. The van der Waals surface area contributed by atoms with E-state index in [4.69, 9.17) is 11.6 Å². The van der Waals surface area contributed by atoms with Crippen LogP contribution in [-0.4, -0.2) is 0 Å². The molecule has 0 atom stereocenters. The molecule has 0 aromatic heterocycles. The standard InChI is InChI=1S/C48H35Cl/c1-47(2)43-15-9-7-13-34(43)36-20-17-28(23-45(36)47)38-27-42-40-25-30(49)19-22-33(40)39(26-41(42)32-12-6-5-11-31(32)38)29-18-21-37-35-14-8-10-16-44(35)48(3,4)46(37)24-29/h5-27H,1-4H3. The maximum absolute atomic E-state index is 6.80. The Kier molecular flexibility index (Phi) is 5.84. The van der Waals surface area contributed by atoms with Crippen molar-refractivity contribution in [1.82, 2.24) is 0 Å². The zero-order valence-corrected chi connectivity index (χ0v) is 28.9. The van der Waals surface area contributed by atoms with Gasteiger partial charge in [-0.15, -0.1) is 0 Å². The molecule has 0 heterocycles. The molecule has 49 heavy (non-hydrogen) atoms. The molecule has 0 nitrogen and oxygen atoms in total. The third-order valence-electron chi connectivity index (χ3n) is 11.7. The van der Waals surface area contributed by atoms with E-state index in [1.165, 1.54) is 99.1 Å². The summed E-state index contributed by atoms with van der Waals surface area (Å²) in [5.74, 6) is 0. The summed E-state index contributed by atoms with van der Waals surface area (Å²) in [5.41, 5.74) is 15.8. The van der Waals surface area contributed by atoms with Crippen LogP contribution >= 0.6 is 11.6 Å². The molecule has 8 aromatic carbocycles. The van der Waals surface area contributed by atoms with Gasteiger partial charge in [0.05, 0.1) is 0 Å². The lowest BCUT2D eigenvalue weighted by molar-refractivity contribution is 0.660. The number of halogens is 1. The summed E-state index contributed by atoms with van der Waals surface area (Å²) in [4.78, 5) is 0. The van der Waals surface area contributed by atoms with Crippen LogP contribution in [0.25, 0.3) is 76.8 Å². The van der Waals surface area contributed by atoms with Crippen molar-refractivity contribution < 1.29 is 0 Å². The van der Waals surface area contributed by atoms with E-state index in [1.807, 2.05) is 6.07 Å². The molecule has 0 bridgehead atoms. The first kappa shape index (κ1) is 28.8. The summed E-state index contributed by atoms with van der Waals surface area (Å²) >= 11 is 6.80. The minimum atomic E-state index is -0.0642. The Balaban J connectivity index is 1.23. The zero-order valence-electron chi connectivity index (χ0n) is 28.2. The fourth-order valence-corrected chi connectivity index (χ4v) is 9.37. The third-order valence-corrected chi connectivity index (χ3v) is 12.0. The van der Waals surface area contributed by atoms with Crippen LogP contribution in [0.3, 0.4) is 0 Å². The van der Waals surface area contributed by atoms with Gasteiger partial charge in [0, 0.05) is 15.9 Å². The molecule has 2 aliphatic carbocycles. The molecule has 10 rings (SSSR count). The van der Waals surface area contributed by atoms with Crippen molar-refractivity contribution in [1.29, 1.82) is 0 Å². The smallest absolute Gasteiger partial charge is 0.0412 e. The van der Waals surface area contributed by atoms with Crippen molar-refractivity contribution in [2.75, 3.05) is 0 Å².